The molecule has 1 aromatic carbocycles. The van der Waals surface area contributed by atoms with Crippen molar-refractivity contribution < 1.29 is 0 Å². The summed E-state index contributed by atoms with van der Waals surface area (Å²) in [6.07, 6.45) is 0. The van der Waals surface area contributed by atoms with Crippen LogP contribution in [0, 0.1) is 0 Å². The molecule has 0 saturated carbocycles. The molecule has 0 nitrogen and oxygen atoms in total. The predicted molar refractivity (Wildman–Crippen MR) is 48.9 cm³/mol. The number of hydrogen-bond acceptors (Lipinski definition) is 1. The van der Waals surface area contributed by atoms with Gasteiger partial charge in [-0.2, -0.15) is 0 Å². The van der Waals surface area contributed by atoms with Crippen molar-refractivity contribution in [2.75, 3.05) is 0 Å². The van der Waals surface area contributed by atoms with Crippen LogP contribution >= 0.6 is 28.1 Å². The summed E-state index contributed by atoms with van der Waals surface area (Å²) in [6.45, 7) is 0. The van der Waals surface area contributed by atoms with Crippen LogP contribution in [0.3, 0.4) is 0 Å². The van der Waals surface area contributed by atoms with Crippen LogP contribution in [0.1, 0.15) is 0 Å². The standard InChI is InChI=1S/C6H5Br.CH2S/c7-6-4-2-1-3-5-6;1-2/h1-5H;1H2. The Morgan fingerprint density at radius 3 is 1.78 bits per heavy atom. The lowest BCUT2D eigenvalue weighted by molar-refractivity contribution is 1.66. The largest absolute Gasteiger partial charge is 0.0973 e. The van der Waals surface area contributed by atoms with Gasteiger partial charge in [-0.25, -0.2) is 0 Å². The molecule has 0 radical (unpaired) electrons. The van der Waals surface area contributed by atoms with Crippen LogP contribution in [0.25, 0.3) is 0 Å². The summed E-state index contributed by atoms with van der Waals surface area (Å²) in [4.78, 5) is 0. The maximum atomic E-state index is 3.83. The molecule has 1 rings (SSSR count). The normalized spacial score (nSPS) is 7.22. The Morgan fingerprint density at radius 1 is 1.11 bits per heavy atom. The first-order valence-electron chi connectivity index (χ1n) is 2.39. The summed E-state index contributed by atoms with van der Waals surface area (Å²) in [5, 5.41) is 0. The van der Waals surface area contributed by atoms with E-state index in [1.807, 2.05) is 30.3 Å². The van der Waals surface area contributed by atoms with E-state index < -0.39 is 0 Å². The van der Waals surface area contributed by atoms with Crippen LogP contribution in [-0.2, 0) is 0 Å². The number of thiocarbonyl (C=S) groups is 1. The third kappa shape index (κ3) is 4.30. The van der Waals surface area contributed by atoms with E-state index in [0.717, 1.165) is 4.47 Å². The van der Waals surface area contributed by atoms with Crippen molar-refractivity contribution in [2.24, 2.45) is 0 Å². The Morgan fingerprint density at radius 2 is 1.56 bits per heavy atom. The van der Waals surface area contributed by atoms with Crippen molar-refractivity contribution in [3.8, 4) is 0 Å². The molecule has 0 aliphatic carbocycles. The van der Waals surface area contributed by atoms with E-state index in [-0.39, 0.29) is 0 Å². The van der Waals surface area contributed by atoms with Gasteiger partial charge in [0.2, 0.25) is 0 Å². The van der Waals surface area contributed by atoms with Gasteiger partial charge < -0.3 is 0 Å². The summed E-state index contributed by atoms with van der Waals surface area (Å²) in [5.74, 6) is 2.83. The first kappa shape index (κ1) is 8.79. The first-order chi connectivity index (χ1) is 4.39. The van der Waals surface area contributed by atoms with Crippen LogP contribution < -0.4 is 0 Å². The zero-order valence-corrected chi connectivity index (χ0v) is 7.28. The van der Waals surface area contributed by atoms with Crippen molar-refractivity contribution in [1.29, 1.82) is 0 Å². The molecule has 0 aliphatic heterocycles. The van der Waals surface area contributed by atoms with Gasteiger partial charge in [-0.3, -0.25) is 0 Å². The molecule has 0 N–H and O–H groups in total. The van der Waals surface area contributed by atoms with E-state index in [1.165, 1.54) is 0 Å². The molecule has 0 saturated heterocycles. The van der Waals surface area contributed by atoms with Gasteiger partial charge in [0, 0.05) is 4.47 Å². The highest BCUT2D eigenvalue weighted by Gasteiger charge is 1.74. The minimum Gasteiger partial charge on any atom is -0.0973 e. The highest BCUT2D eigenvalue weighted by molar-refractivity contribution is 9.10. The number of halogens is 1. The molecule has 0 heterocycles. The number of hydrogen-bond donors (Lipinski definition) is 0. The van der Waals surface area contributed by atoms with Crippen LogP contribution in [0.5, 0.6) is 0 Å². The third-order valence-electron chi connectivity index (χ3n) is 0.733. The van der Waals surface area contributed by atoms with Crippen LogP contribution in [0.2, 0.25) is 0 Å². The first-order valence-corrected chi connectivity index (χ1v) is 3.76. The minimum absolute atomic E-state index is 1.13. The highest BCUT2D eigenvalue weighted by atomic mass is 79.9. The smallest absolute Gasteiger partial charge is 0.0175 e. The number of benzene rings is 1. The molecule has 48 valence electrons. The van der Waals surface area contributed by atoms with Gasteiger partial charge in [-0.1, -0.05) is 46.3 Å². The SMILES string of the molecule is Brc1ccccc1.C=S. The molecule has 9 heavy (non-hydrogen) atoms. The van der Waals surface area contributed by atoms with Gasteiger partial charge in [-0.15, -0.1) is 0 Å². The number of rotatable bonds is 0. The summed E-state index contributed by atoms with van der Waals surface area (Å²) < 4.78 is 1.13. The second-order valence-electron chi connectivity index (χ2n) is 1.30. The fraction of sp³-hybridized carbons (Fsp3) is 0. The Labute approximate surface area is 69.0 Å². The lowest BCUT2D eigenvalue weighted by atomic mass is 10.4. The van der Waals surface area contributed by atoms with Crippen molar-refractivity contribution in [2.45, 2.75) is 0 Å². The lowest BCUT2D eigenvalue weighted by Gasteiger charge is -1.80. The minimum atomic E-state index is 1.13. The second kappa shape index (κ2) is 5.92. The van der Waals surface area contributed by atoms with E-state index in [9.17, 15) is 0 Å². The molecule has 0 amide bonds. The summed E-state index contributed by atoms with van der Waals surface area (Å²) in [5.41, 5.74) is 0. The molecular weight excluding hydrogens is 196 g/mol. The van der Waals surface area contributed by atoms with Gasteiger partial charge >= 0.3 is 0 Å². The summed E-state index contributed by atoms with van der Waals surface area (Å²) in [6, 6.07) is 9.97. The van der Waals surface area contributed by atoms with Gasteiger partial charge in [0.25, 0.3) is 0 Å². The quantitative estimate of drug-likeness (QED) is 0.584. The van der Waals surface area contributed by atoms with E-state index in [4.69, 9.17) is 0 Å². The van der Waals surface area contributed by atoms with Crippen LogP contribution in [0.15, 0.2) is 34.8 Å². The third-order valence-corrected chi connectivity index (χ3v) is 1.26. The van der Waals surface area contributed by atoms with Crippen molar-refractivity contribution in [3.63, 3.8) is 0 Å². The molecule has 0 spiro atoms. The Balaban J connectivity index is 0.000000291. The highest BCUT2D eigenvalue weighted by Crippen LogP contribution is 2.05. The fourth-order valence-electron chi connectivity index (χ4n) is 0.415. The fourth-order valence-corrected chi connectivity index (χ4v) is 0.720. The van der Waals surface area contributed by atoms with Gasteiger partial charge in [0.05, 0.1) is 0 Å². The van der Waals surface area contributed by atoms with Gasteiger partial charge in [0.1, 0.15) is 0 Å². The van der Waals surface area contributed by atoms with Gasteiger partial charge in [0.15, 0.2) is 0 Å². The van der Waals surface area contributed by atoms with E-state index in [2.05, 4.69) is 34.0 Å². The van der Waals surface area contributed by atoms with E-state index >= 15 is 0 Å². The Hall–Kier alpha value is -0.210. The maximum absolute atomic E-state index is 3.83. The predicted octanol–water partition coefficient (Wildman–Crippen LogP) is 3.07. The zero-order chi connectivity index (χ0) is 7.11. The molecule has 0 fully saturated rings. The zero-order valence-electron chi connectivity index (χ0n) is 4.88. The molecule has 0 atom stereocenters. The molecule has 0 aromatic heterocycles. The molecule has 0 bridgehead atoms. The van der Waals surface area contributed by atoms with Crippen LogP contribution in [-0.4, -0.2) is 5.87 Å². The second-order valence-corrected chi connectivity index (χ2v) is 2.21. The van der Waals surface area contributed by atoms with E-state index in [0.29, 0.717) is 0 Å². The Bertz CT molecular complexity index is 150. The van der Waals surface area contributed by atoms with Crippen LogP contribution in [0.4, 0.5) is 0 Å². The lowest BCUT2D eigenvalue weighted by Crippen LogP contribution is -1.55. The van der Waals surface area contributed by atoms with Crippen molar-refractivity contribution in [1.82, 2.24) is 0 Å². The maximum Gasteiger partial charge on any atom is 0.0175 e. The van der Waals surface area contributed by atoms with Crippen molar-refractivity contribution in [3.05, 3.63) is 34.8 Å². The van der Waals surface area contributed by atoms with E-state index in [1.54, 1.807) is 0 Å². The molecule has 0 aliphatic rings. The average molecular weight is 203 g/mol. The monoisotopic (exact) mass is 202 g/mol. The molecule has 2 heteroatoms. The molecule has 1 aromatic rings. The topological polar surface area (TPSA) is 0 Å². The summed E-state index contributed by atoms with van der Waals surface area (Å²) in [7, 11) is 0. The van der Waals surface area contributed by atoms with Gasteiger partial charge in [-0.05, 0) is 18.0 Å². The summed E-state index contributed by atoms with van der Waals surface area (Å²) >= 11 is 7.14. The molecular formula is C7H7BrS. The average Bonchev–Trinajstić information content (AvgIpc) is 1.94. The van der Waals surface area contributed by atoms with Crippen molar-refractivity contribution >= 4 is 34.0 Å². The Kier molecular flexibility index (Phi) is 5.78. The molecule has 0 unspecified atom stereocenters.